The molecule has 0 aliphatic carbocycles. The zero-order valence-electron chi connectivity index (χ0n) is 7.11. The van der Waals surface area contributed by atoms with Gasteiger partial charge in [-0.1, -0.05) is 17.3 Å². The summed E-state index contributed by atoms with van der Waals surface area (Å²) in [6.07, 6.45) is 1.35. The zero-order chi connectivity index (χ0) is 8.97. The highest BCUT2D eigenvalue weighted by molar-refractivity contribution is 5.83. The summed E-state index contributed by atoms with van der Waals surface area (Å²) in [7, 11) is 1.59. The van der Waals surface area contributed by atoms with E-state index in [1.54, 1.807) is 7.11 Å². The van der Waals surface area contributed by atoms with Gasteiger partial charge in [0.1, 0.15) is 5.75 Å². The summed E-state index contributed by atoms with van der Waals surface area (Å²) in [5, 5.41) is 11.3. The number of aryl methyl sites for hydroxylation is 1. The van der Waals surface area contributed by atoms with Crippen LogP contribution in [0.1, 0.15) is 11.1 Å². The second-order valence-electron chi connectivity index (χ2n) is 2.44. The maximum absolute atomic E-state index is 8.34. The maximum Gasteiger partial charge on any atom is 0.130 e. The normalized spacial score (nSPS) is 10.5. The fourth-order valence-corrected chi connectivity index (χ4v) is 1.12. The zero-order valence-corrected chi connectivity index (χ0v) is 7.11. The lowest BCUT2D eigenvalue weighted by Gasteiger charge is -2.06. The highest BCUT2D eigenvalue weighted by atomic mass is 16.5. The molecule has 0 atom stereocenters. The number of hydrogen-bond donors (Lipinski definition) is 1. The van der Waals surface area contributed by atoms with Crippen molar-refractivity contribution in [2.75, 3.05) is 7.11 Å². The number of oxime groups is 1. The maximum atomic E-state index is 8.34. The molecule has 1 N–H and O–H groups in total. The molecule has 1 aromatic rings. The topological polar surface area (TPSA) is 41.8 Å². The molecule has 0 aliphatic rings. The van der Waals surface area contributed by atoms with E-state index >= 15 is 0 Å². The predicted octanol–water partition coefficient (Wildman–Crippen LogP) is 1.81. The lowest BCUT2D eigenvalue weighted by atomic mass is 10.1. The van der Waals surface area contributed by atoms with Gasteiger partial charge in [-0.25, -0.2) is 0 Å². The third kappa shape index (κ3) is 1.56. The van der Waals surface area contributed by atoms with Crippen molar-refractivity contribution in [1.29, 1.82) is 0 Å². The average molecular weight is 165 g/mol. The number of methoxy groups -OCH3 is 1. The number of rotatable bonds is 2. The summed E-state index contributed by atoms with van der Waals surface area (Å²) in [4.78, 5) is 0. The van der Waals surface area contributed by atoms with Crippen LogP contribution in [-0.4, -0.2) is 18.5 Å². The fraction of sp³-hybridized carbons (Fsp3) is 0.222. The Morgan fingerprint density at radius 1 is 1.50 bits per heavy atom. The molecule has 0 bridgehead atoms. The second kappa shape index (κ2) is 3.76. The van der Waals surface area contributed by atoms with Crippen molar-refractivity contribution in [2.24, 2.45) is 5.16 Å². The van der Waals surface area contributed by atoms with E-state index in [-0.39, 0.29) is 0 Å². The van der Waals surface area contributed by atoms with Crippen LogP contribution in [0.15, 0.2) is 23.4 Å². The molecule has 0 amide bonds. The first-order valence-electron chi connectivity index (χ1n) is 3.60. The van der Waals surface area contributed by atoms with Crippen molar-refractivity contribution >= 4 is 6.21 Å². The highest BCUT2D eigenvalue weighted by Gasteiger charge is 2.02. The van der Waals surface area contributed by atoms with E-state index in [0.717, 1.165) is 16.9 Å². The van der Waals surface area contributed by atoms with Crippen LogP contribution >= 0.6 is 0 Å². The first-order valence-corrected chi connectivity index (χ1v) is 3.60. The molecular weight excluding hydrogens is 154 g/mol. The van der Waals surface area contributed by atoms with E-state index in [4.69, 9.17) is 9.94 Å². The smallest absolute Gasteiger partial charge is 0.130 e. The third-order valence-electron chi connectivity index (χ3n) is 1.64. The van der Waals surface area contributed by atoms with E-state index in [2.05, 4.69) is 5.16 Å². The van der Waals surface area contributed by atoms with Crippen LogP contribution in [0.25, 0.3) is 0 Å². The largest absolute Gasteiger partial charge is 0.496 e. The summed E-state index contributed by atoms with van der Waals surface area (Å²) < 4.78 is 5.13. The van der Waals surface area contributed by atoms with Crippen LogP contribution < -0.4 is 4.74 Å². The molecule has 1 aromatic carbocycles. The molecule has 1 rings (SSSR count). The van der Waals surface area contributed by atoms with Crippen LogP contribution in [0.5, 0.6) is 5.75 Å². The van der Waals surface area contributed by atoms with Gasteiger partial charge in [-0.3, -0.25) is 0 Å². The van der Waals surface area contributed by atoms with E-state index in [0.29, 0.717) is 0 Å². The second-order valence-corrected chi connectivity index (χ2v) is 2.44. The van der Waals surface area contributed by atoms with Gasteiger partial charge in [-0.2, -0.15) is 0 Å². The van der Waals surface area contributed by atoms with Crippen molar-refractivity contribution in [3.63, 3.8) is 0 Å². The summed E-state index contributed by atoms with van der Waals surface area (Å²) in [5.74, 6) is 0.746. The van der Waals surface area contributed by atoms with Crippen LogP contribution in [0.2, 0.25) is 0 Å². The van der Waals surface area contributed by atoms with Crippen molar-refractivity contribution in [1.82, 2.24) is 0 Å². The summed E-state index contributed by atoms with van der Waals surface area (Å²) >= 11 is 0. The van der Waals surface area contributed by atoms with Crippen LogP contribution in [0.4, 0.5) is 0 Å². The molecule has 0 spiro atoms. The molecule has 0 aromatic heterocycles. The lowest BCUT2D eigenvalue weighted by Crippen LogP contribution is -1.93. The number of para-hydroxylation sites is 1. The van der Waals surface area contributed by atoms with Gasteiger partial charge < -0.3 is 9.94 Å². The van der Waals surface area contributed by atoms with Gasteiger partial charge in [0, 0.05) is 5.56 Å². The lowest BCUT2D eigenvalue weighted by molar-refractivity contribution is 0.321. The molecule has 0 saturated carbocycles. The summed E-state index contributed by atoms with van der Waals surface area (Å²) in [6.45, 7) is 1.94. The average Bonchev–Trinajstić information content (AvgIpc) is 2.05. The van der Waals surface area contributed by atoms with Gasteiger partial charge in [-0.15, -0.1) is 0 Å². The molecule has 3 nitrogen and oxygen atoms in total. The predicted molar refractivity (Wildman–Crippen MR) is 47.1 cm³/mol. The van der Waals surface area contributed by atoms with Crippen molar-refractivity contribution < 1.29 is 9.94 Å². The van der Waals surface area contributed by atoms with Gasteiger partial charge >= 0.3 is 0 Å². The van der Waals surface area contributed by atoms with E-state index in [9.17, 15) is 0 Å². The van der Waals surface area contributed by atoms with Crippen molar-refractivity contribution in [2.45, 2.75) is 6.92 Å². The van der Waals surface area contributed by atoms with Gasteiger partial charge in [0.25, 0.3) is 0 Å². The molecule has 0 radical (unpaired) electrons. The molecule has 0 fully saturated rings. The Balaban J connectivity index is 3.18. The molecule has 0 aliphatic heterocycles. The van der Waals surface area contributed by atoms with E-state index in [1.807, 2.05) is 25.1 Å². The van der Waals surface area contributed by atoms with Crippen LogP contribution in [-0.2, 0) is 0 Å². The Labute approximate surface area is 71.3 Å². The molecule has 12 heavy (non-hydrogen) atoms. The monoisotopic (exact) mass is 165 g/mol. The van der Waals surface area contributed by atoms with Crippen LogP contribution in [0, 0.1) is 6.92 Å². The quantitative estimate of drug-likeness (QED) is 0.412. The molecule has 0 heterocycles. The SMILES string of the molecule is COc1c(C)cccc1/C=N\O. The molecule has 0 unspecified atom stereocenters. The fourth-order valence-electron chi connectivity index (χ4n) is 1.12. The number of benzene rings is 1. The van der Waals surface area contributed by atoms with Crippen molar-refractivity contribution in [3.05, 3.63) is 29.3 Å². The first kappa shape index (κ1) is 8.59. The van der Waals surface area contributed by atoms with E-state index < -0.39 is 0 Å². The first-order chi connectivity index (χ1) is 5.79. The number of nitrogens with zero attached hydrogens (tertiary/aromatic N) is 1. The molecule has 64 valence electrons. The number of hydrogen-bond acceptors (Lipinski definition) is 3. The van der Waals surface area contributed by atoms with Crippen LogP contribution in [0.3, 0.4) is 0 Å². The van der Waals surface area contributed by atoms with E-state index in [1.165, 1.54) is 6.21 Å². The standard InChI is InChI=1S/C9H11NO2/c1-7-4-3-5-8(6-10-11)9(7)12-2/h3-6,11H,1-2H3/b10-6-. The minimum Gasteiger partial charge on any atom is -0.496 e. The summed E-state index contributed by atoms with van der Waals surface area (Å²) in [5.41, 5.74) is 1.80. The minimum atomic E-state index is 0.746. The Hall–Kier alpha value is -1.51. The van der Waals surface area contributed by atoms with Gasteiger partial charge in [0.15, 0.2) is 0 Å². The Kier molecular flexibility index (Phi) is 2.69. The minimum absolute atomic E-state index is 0.746. The highest BCUT2D eigenvalue weighted by Crippen LogP contribution is 2.20. The third-order valence-corrected chi connectivity index (χ3v) is 1.64. The van der Waals surface area contributed by atoms with Gasteiger partial charge in [-0.05, 0) is 18.6 Å². The Bertz CT molecular complexity index is 295. The Morgan fingerprint density at radius 3 is 2.83 bits per heavy atom. The number of ether oxygens (including phenoxy) is 1. The van der Waals surface area contributed by atoms with Gasteiger partial charge in [0.2, 0.25) is 0 Å². The van der Waals surface area contributed by atoms with Crippen molar-refractivity contribution in [3.8, 4) is 5.75 Å². The molecular formula is C9H11NO2. The van der Waals surface area contributed by atoms with Gasteiger partial charge in [0.05, 0.1) is 13.3 Å². The molecule has 3 heteroatoms. The Morgan fingerprint density at radius 2 is 2.25 bits per heavy atom. The molecule has 0 saturated heterocycles. The summed E-state index contributed by atoms with van der Waals surface area (Å²) in [6, 6.07) is 5.65.